The van der Waals surface area contributed by atoms with E-state index in [4.69, 9.17) is 0 Å². The Labute approximate surface area is 109 Å². The predicted molar refractivity (Wildman–Crippen MR) is 63.6 cm³/mol. The number of aromatic amines is 2. The van der Waals surface area contributed by atoms with E-state index < -0.39 is 28.3 Å². The molecule has 0 bridgehead atoms. The zero-order valence-corrected chi connectivity index (χ0v) is 10.2. The van der Waals surface area contributed by atoms with Crippen LogP contribution in [0, 0.1) is 10.1 Å². The highest BCUT2D eigenvalue weighted by atomic mass is 16.6. The lowest BCUT2D eigenvalue weighted by Crippen LogP contribution is -2.30. The van der Waals surface area contributed by atoms with Crippen LogP contribution < -0.4 is 11.2 Å². The molecule has 1 unspecified atom stereocenters. The summed E-state index contributed by atoms with van der Waals surface area (Å²) in [4.78, 5) is 52.1. The molecule has 2 N–H and O–H groups in total. The molecular weight excluding hydrogens is 274 g/mol. The van der Waals surface area contributed by atoms with E-state index in [2.05, 4.69) is 14.7 Å². The summed E-state index contributed by atoms with van der Waals surface area (Å²) in [7, 11) is 0. The Kier molecular flexibility index (Phi) is 3.33. The Bertz CT molecular complexity index is 786. The number of carbonyl (C=O) groups excluding carboxylic acids is 1. The number of rotatable bonds is 4. The van der Waals surface area contributed by atoms with Crippen molar-refractivity contribution < 1.29 is 14.5 Å². The van der Waals surface area contributed by atoms with Crippen LogP contribution in [0.4, 0.5) is 0 Å². The fourth-order valence-electron chi connectivity index (χ4n) is 1.66. The molecule has 0 aliphatic rings. The summed E-state index contributed by atoms with van der Waals surface area (Å²) < 4.78 is 5.36. The Balaban J connectivity index is 2.66. The fraction of sp³-hybridized carbons (Fsp3) is 0.333. The van der Waals surface area contributed by atoms with Crippen molar-refractivity contribution >= 4 is 17.1 Å². The maximum Gasteiger partial charge on any atom is 0.404 e. The molecule has 2 aromatic rings. The number of imidazole rings is 1. The molecule has 2 aromatic heterocycles. The third-order valence-corrected chi connectivity index (χ3v) is 2.43. The minimum atomic E-state index is -1.93. The highest BCUT2D eigenvalue weighted by Gasteiger charge is 2.35. The van der Waals surface area contributed by atoms with Gasteiger partial charge in [-0.1, -0.05) is 0 Å². The molecule has 2 heterocycles. The van der Waals surface area contributed by atoms with Crippen molar-refractivity contribution in [3.8, 4) is 0 Å². The molecule has 0 amide bonds. The molecule has 0 radical (unpaired) electrons. The lowest BCUT2D eigenvalue weighted by Gasteiger charge is -2.09. The molecule has 0 aliphatic carbocycles. The molecule has 0 aromatic carbocycles. The van der Waals surface area contributed by atoms with Gasteiger partial charge in [0.1, 0.15) is 6.33 Å². The molecule has 0 saturated heterocycles. The van der Waals surface area contributed by atoms with Gasteiger partial charge in [-0.2, -0.15) is 0 Å². The van der Waals surface area contributed by atoms with Crippen LogP contribution in [0.2, 0.25) is 0 Å². The first-order valence-electron chi connectivity index (χ1n) is 5.45. The maximum absolute atomic E-state index is 11.6. The van der Waals surface area contributed by atoms with E-state index in [1.165, 1.54) is 6.92 Å². The van der Waals surface area contributed by atoms with Crippen molar-refractivity contribution in [2.24, 2.45) is 0 Å². The van der Waals surface area contributed by atoms with Gasteiger partial charge >= 0.3 is 17.8 Å². The first kappa shape index (κ1) is 13.5. The lowest BCUT2D eigenvalue weighted by atomic mass is 10.4. The second kappa shape index (κ2) is 4.95. The van der Waals surface area contributed by atoms with Gasteiger partial charge in [0.25, 0.3) is 5.56 Å². The predicted octanol–water partition coefficient (Wildman–Crippen LogP) is -1.25. The molecule has 0 aliphatic heterocycles. The van der Waals surface area contributed by atoms with Crippen LogP contribution in [0.5, 0.6) is 0 Å². The van der Waals surface area contributed by atoms with Crippen molar-refractivity contribution in [1.29, 1.82) is 0 Å². The minimum absolute atomic E-state index is 0.0487. The van der Waals surface area contributed by atoms with Gasteiger partial charge < -0.3 is 4.74 Å². The van der Waals surface area contributed by atoms with Crippen LogP contribution >= 0.6 is 0 Å². The summed E-state index contributed by atoms with van der Waals surface area (Å²) >= 11 is 0. The van der Waals surface area contributed by atoms with E-state index in [0.29, 0.717) is 0 Å². The molecule has 0 fully saturated rings. The zero-order valence-electron chi connectivity index (χ0n) is 10.2. The van der Waals surface area contributed by atoms with Gasteiger partial charge in [0, 0.05) is 0 Å². The summed E-state index contributed by atoms with van der Waals surface area (Å²) in [6, 6.07) is 0. The molecular formula is C9H9N5O6. The van der Waals surface area contributed by atoms with Gasteiger partial charge in [0.05, 0.1) is 11.5 Å². The zero-order chi connectivity index (χ0) is 14.9. The normalized spacial score (nSPS) is 12.2. The number of H-pyrrole nitrogens is 2. The van der Waals surface area contributed by atoms with Crippen LogP contribution in [0.25, 0.3) is 11.2 Å². The number of fused-ring (bicyclic) bond motifs is 1. The SMILES string of the molecule is CCOC(=O)C(n1cnc2c(=O)[nH]c(=O)[nH]c21)[N+](=O)[O-]. The largest absolute Gasteiger partial charge is 0.459 e. The van der Waals surface area contributed by atoms with Gasteiger partial charge in [0.2, 0.25) is 0 Å². The van der Waals surface area contributed by atoms with Crippen molar-refractivity contribution in [2.45, 2.75) is 13.1 Å². The number of esters is 1. The molecule has 1 atom stereocenters. The van der Waals surface area contributed by atoms with E-state index in [-0.39, 0.29) is 17.8 Å². The highest BCUT2D eigenvalue weighted by molar-refractivity contribution is 5.76. The summed E-state index contributed by atoms with van der Waals surface area (Å²) in [6.45, 7) is 1.44. The lowest BCUT2D eigenvalue weighted by molar-refractivity contribution is -0.534. The van der Waals surface area contributed by atoms with E-state index in [1.807, 2.05) is 4.98 Å². The third-order valence-electron chi connectivity index (χ3n) is 2.43. The molecule has 106 valence electrons. The van der Waals surface area contributed by atoms with Gasteiger partial charge in [-0.3, -0.25) is 24.9 Å². The molecule has 2 rings (SSSR count). The van der Waals surface area contributed by atoms with Gasteiger partial charge in [-0.15, -0.1) is 0 Å². The number of carbonyl (C=O) groups is 1. The van der Waals surface area contributed by atoms with Gasteiger partial charge in [0.15, 0.2) is 11.2 Å². The average molecular weight is 283 g/mol. The van der Waals surface area contributed by atoms with E-state index >= 15 is 0 Å². The van der Waals surface area contributed by atoms with Crippen molar-refractivity contribution in [1.82, 2.24) is 19.5 Å². The highest BCUT2D eigenvalue weighted by Crippen LogP contribution is 2.14. The average Bonchev–Trinajstić information content (AvgIpc) is 2.73. The van der Waals surface area contributed by atoms with Crippen molar-refractivity contribution in [3.05, 3.63) is 37.3 Å². The summed E-state index contributed by atoms with van der Waals surface area (Å²) in [5.74, 6) is -1.13. The summed E-state index contributed by atoms with van der Waals surface area (Å²) in [5, 5.41) is 11.0. The summed E-state index contributed by atoms with van der Waals surface area (Å²) in [5.41, 5.74) is -2.13. The number of nitrogens with one attached hydrogen (secondary N) is 2. The van der Waals surface area contributed by atoms with E-state index in [9.17, 15) is 24.5 Å². The molecule has 0 saturated carbocycles. The quantitative estimate of drug-likeness (QED) is 0.403. The summed E-state index contributed by atoms with van der Waals surface area (Å²) in [6.07, 6.45) is -1.02. The Morgan fingerprint density at radius 3 is 2.85 bits per heavy atom. The van der Waals surface area contributed by atoms with Crippen molar-refractivity contribution in [3.63, 3.8) is 0 Å². The van der Waals surface area contributed by atoms with E-state index in [0.717, 1.165) is 10.9 Å². The molecule has 20 heavy (non-hydrogen) atoms. The molecule has 0 spiro atoms. The van der Waals surface area contributed by atoms with Crippen LogP contribution in [-0.2, 0) is 9.53 Å². The first-order chi connectivity index (χ1) is 9.45. The number of aromatic nitrogens is 4. The van der Waals surface area contributed by atoms with Crippen molar-refractivity contribution in [2.75, 3.05) is 6.61 Å². The monoisotopic (exact) mass is 283 g/mol. The topological polar surface area (TPSA) is 153 Å². The smallest absolute Gasteiger partial charge is 0.404 e. The van der Waals surface area contributed by atoms with Crippen LogP contribution in [-0.4, -0.2) is 37.0 Å². The first-order valence-corrected chi connectivity index (χ1v) is 5.45. The second-order valence-electron chi connectivity index (χ2n) is 3.67. The number of ether oxygens (including phenoxy) is 1. The number of nitrogens with zero attached hydrogens (tertiary/aromatic N) is 3. The number of nitro groups is 1. The standard InChI is InChI=1S/C9H9N5O6/c1-2-20-8(16)7(14(18)19)13-3-10-4-5(13)11-9(17)12-6(4)15/h3,7H,2H2,1H3,(H2,11,12,15,17). The van der Waals surface area contributed by atoms with Crippen LogP contribution in [0.15, 0.2) is 15.9 Å². The molecule has 11 nitrogen and oxygen atoms in total. The van der Waals surface area contributed by atoms with Crippen LogP contribution in [0.1, 0.15) is 13.1 Å². The number of hydrogen-bond donors (Lipinski definition) is 2. The Morgan fingerprint density at radius 2 is 2.25 bits per heavy atom. The molecule has 11 heteroatoms. The van der Waals surface area contributed by atoms with Gasteiger partial charge in [-0.25, -0.2) is 19.1 Å². The maximum atomic E-state index is 11.6. The van der Waals surface area contributed by atoms with Gasteiger partial charge in [-0.05, 0) is 6.92 Å². The second-order valence-corrected chi connectivity index (χ2v) is 3.67. The Morgan fingerprint density at radius 1 is 1.55 bits per heavy atom. The third kappa shape index (κ3) is 2.15. The number of hydrogen-bond acceptors (Lipinski definition) is 7. The van der Waals surface area contributed by atoms with Crippen LogP contribution in [0.3, 0.4) is 0 Å². The van der Waals surface area contributed by atoms with E-state index in [1.54, 1.807) is 0 Å². The minimum Gasteiger partial charge on any atom is -0.459 e. The Hall–Kier alpha value is -2.98. The fourth-order valence-corrected chi connectivity index (χ4v) is 1.66.